The number of likely N-dealkylation sites (N-methyl/N-ethyl adjacent to an activating group) is 1. The van der Waals surface area contributed by atoms with Gasteiger partial charge in [-0.15, -0.1) is 0 Å². The van der Waals surface area contributed by atoms with Crippen molar-refractivity contribution in [2.75, 3.05) is 29.9 Å². The second kappa shape index (κ2) is 5.88. The molecule has 2 aromatic rings. The van der Waals surface area contributed by atoms with Crippen LogP contribution >= 0.6 is 0 Å². The number of anilines is 2. The number of carbonyl (C=O) groups excluding carboxylic acids is 2. The maximum Gasteiger partial charge on any atom is 0.325 e. The minimum Gasteiger partial charge on any atom is -0.472 e. The molecule has 3 rings (SSSR count). The molecule has 0 aliphatic carbocycles. The van der Waals surface area contributed by atoms with Crippen LogP contribution in [0.1, 0.15) is 17.3 Å². The van der Waals surface area contributed by atoms with Crippen LogP contribution in [0, 0.1) is 0 Å². The number of aromatic nitrogens is 1. The molecule has 1 N–H and O–H groups in total. The van der Waals surface area contributed by atoms with Crippen molar-refractivity contribution in [3.63, 3.8) is 0 Å². The predicted molar refractivity (Wildman–Crippen MR) is 80.9 cm³/mol. The molecule has 22 heavy (non-hydrogen) atoms. The second-order valence-corrected chi connectivity index (χ2v) is 4.89. The lowest BCUT2D eigenvalue weighted by atomic mass is 10.3. The molecule has 7 heteroatoms. The number of hydrogen-bond donors (Lipinski definition) is 1. The van der Waals surface area contributed by atoms with Crippen LogP contribution in [0.25, 0.3) is 0 Å². The molecule has 3 amide bonds. The van der Waals surface area contributed by atoms with Gasteiger partial charge >= 0.3 is 6.03 Å². The molecule has 1 saturated heterocycles. The lowest BCUT2D eigenvalue weighted by Crippen LogP contribution is -2.32. The Bertz CT molecular complexity index is 667. The molecule has 1 aliphatic heterocycles. The molecule has 0 saturated carbocycles. The molecule has 0 atom stereocenters. The molecule has 1 fully saturated rings. The quantitative estimate of drug-likeness (QED) is 0.938. The molecular weight excluding hydrogens is 284 g/mol. The van der Waals surface area contributed by atoms with Crippen molar-refractivity contribution in [1.29, 1.82) is 0 Å². The maximum atomic E-state index is 12.1. The summed E-state index contributed by atoms with van der Waals surface area (Å²) in [5, 5.41) is 2.72. The van der Waals surface area contributed by atoms with Gasteiger partial charge in [0.25, 0.3) is 5.91 Å². The molecule has 3 heterocycles. The molecule has 0 spiro atoms. The first-order valence-electron chi connectivity index (χ1n) is 7.05. The van der Waals surface area contributed by atoms with Gasteiger partial charge in [0.15, 0.2) is 0 Å². The largest absolute Gasteiger partial charge is 0.472 e. The monoisotopic (exact) mass is 300 g/mol. The summed E-state index contributed by atoms with van der Waals surface area (Å²) in [6.07, 6.45) is 4.35. The Morgan fingerprint density at radius 3 is 2.82 bits per heavy atom. The molecule has 0 radical (unpaired) electrons. The van der Waals surface area contributed by atoms with Crippen molar-refractivity contribution < 1.29 is 14.0 Å². The minimum atomic E-state index is -0.266. The smallest absolute Gasteiger partial charge is 0.325 e. The third-order valence-corrected chi connectivity index (χ3v) is 3.54. The summed E-state index contributed by atoms with van der Waals surface area (Å²) in [6.45, 7) is 3.97. The van der Waals surface area contributed by atoms with Gasteiger partial charge in [0.05, 0.1) is 23.7 Å². The Labute approximate surface area is 127 Å². The number of rotatable bonds is 4. The van der Waals surface area contributed by atoms with Crippen molar-refractivity contribution in [3.05, 3.63) is 42.5 Å². The van der Waals surface area contributed by atoms with E-state index in [-0.39, 0.29) is 11.9 Å². The zero-order valence-corrected chi connectivity index (χ0v) is 12.2. The van der Waals surface area contributed by atoms with E-state index in [1.165, 1.54) is 18.7 Å². The Balaban J connectivity index is 1.68. The third-order valence-electron chi connectivity index (χ3n) is 3.54. The average Bonchev–Trinajstić information content (AvgIpc) is 3.18. The second-order valence-electron chi connectivity index (χ2n) is 4.89. The van der Waals surface area contributed by atoms with E-state index in [0.29, 0.717) is 36.7 Å². The predicted octanol–water partition coefficient (Wildman–Crippen LogP) is 2.19. The lowest BCUT2D eigenvalue weighted by Gasteiger charge is -2.16. The standard InChI is InChI=1S/C15H16N4O3/c1-2-18-6-7-19(15(18)21)13-4-3-12(9-16-13)17-14(20)11-5-8-22-10-11/h3-5,8-10H,2,6-7H2,1H3,(H,17,20). The molecule has 114 valence electrons. The Hall–Kier alpha value is -2.83. The van der Waals surface area contributed by atoms with Crippen LogP contribution in [-0.4, -0.2) is 41.5 Å². The molecule has 0 unspecified atom stereocenters. The summed E-state index contributed by atoms with van der Waals surface area (Å²) in [5.74, 6) is 0.319. The summed E-state index contributed by atoms with van der Waals surface area (Å²) >= 11 is 0. The van der Waals surface area contributed by atoms with E-state index in [1.54, 1.807) is 28.0 Å². The zero-order chi connectivity index (χ0) is 15.5. The van der Waals surface area contributed by atoms with Crippen LogP contribution in [-0.2, 0) is 0 Å². The topological polar surface area (TPSA) is 78.7 Å². The first kappa shape index (κ1) is 14.1. The van der Waals surface area contributed by atoms with E-state index in [0.717, 1.165) is 0 Å². The summed E-state index contributed by atoms with van der Waals surface area (Å²) in [5.41, 5.74) is 1.01. The number of hydrogen-bond acceptors (Lipinski definition) is 4. The molecular formula is C15H16N4O3. The van der Waals surface area contributed by atoms with Crippen molar-refractivity contribution >= 4 is 23.4 Å². The number of nitrogens with zero attached hydrogens (tertiary/aromatic N) is 3. The normalized spacial score (nSPS) is 14.5. The Morgan fingerprint density at radius 2 is 2.23 bits per heavy atom. The van der Waals surface area contributed by atoms with Gasteiger partial charge in [-0.2, -0.15) is 0 Å². The summed E-state index contributed by atoms with van der Waals surface area (Å²) in [7, 11) is 0. The van der Waals surface area contributed by atoms with E-state index >= 15 is 0 Å². The van der Waals surface area contributed by atoms with Gasteiger partial charge in [0.1, 0.15) is 12.1 Å². The van der Waals surface area contributed by atoms with Gasteiger partial charge in [-0.05, 0) is 25.1 Å². The fourth-order valence-corrected chi connectivity index (χ4v) is 2.31. The van der Waals surface area contributed by atoms with E-state index in [2.05, 4.69) is 10.3 Å². The molecule has 2 aromatic heterocycles. The number of furan rings is 1. The molecule has 0 aromatic carbocycles. The summed E-state index contributed by atoms with van der Waals surface area (Å²) in [6, 6.07) is 4.99. The van der Waals surface area contributed by atoms with Gasteiger partial charge in [-0.1, -0.05) is 0 Å². The third kappa shape index (κ3) is 2.65. The van der Waals surface area contributed by atoms with Gasteiger partial charge in [-0.3, -0.25) is 9.69 Å². The van der Waals surface area contributed by atoms with Crippen LogP contribution in [0.4, 0.5) is 16.3 Å². The van der Waals surface area contributed by atoms with Crippen LogP contribution < -0.4 is 10.2 Å². The van der Waals surface area contributed by atoms with Crippen molar-refractivity contribution in [1.82, 2.24) is 9.88 Å². The van der Waals surface area contributed by atoms with Crippen molar-refractivity contribution in [2.24, 2.45) is 0 Å². The maximum absolute atomic E-state index is 12.1. The number of nitrogens with one attached hydrogen (secondary N) is 1. The van der Waals surface area contributed by atoms with Crippen LogP contribution in [0.15, 0.2) is 41.3 Å². The van der Waals surface area contributed by atoms with Crippen molar-refractivity contribution in [2.45, 2.75) is 6.92 Å². The van der Waals surface area contributed by atoms with Gasteiger partial charge < -0.3 is 14.6 Å². The minimum absolute atomic E-state index is 0.0369. The van der Waals surface area contributed by atoms with E-state index in [9.17, 15) is 9.59 Å². The highest BCUT2D eigenvalue weighted by Gasteiger charge is 2.28. The first-order chi connectivity index (χ1) is 10.7. The average molecular weight is 300 g/mol. The Morgan fingerprint density at radius 1 is 1.36 bits per heavy atom. The first-order valence-corrected chi connectivity index (χ1v) is 7.05. The molecule has 7 nitrogen and oxygen atoms in total. The fraction of sp³-hybridized carbons (Fsp3) is 0.267. The lowest BCUT2D eigenvalue weighted by molar-refractivity contribution is 0.102. The molecule has 1 aliphatic rings. The summed E-state index contributed by atoms with van der Waals surface area (Å²) < 4.78 is 4.87. The highest BCUT2D eigenvalue weighted by molar-refractivity contribution is 6.04. The van der Waals surface area contributed by atoms with E-state index < -0.39 is 0 Å². The highest BCUT2D eigenvalue weighted by Crippen LogP contribution is 2.19. The fourth-order valence-electron chi connectivity index (χ4n) is 2.31. The number of pyridine rings is 1. The number of amides is 3. The van der Waals surface area contributed by atoms with Crippen LogP contribution in [0.3, 0.4) is 0 Å². The zero-order valence-electron chi connectivity index (χ0n) is 12.2. The van der Waals surface area contributed by atoms with Gasteiger partial charge in [0.2, 0.25) is 0 Å². The molecule has 0 bridgehead atoms. The van der Waals surface area contributed by atoms with E-state index in [1.807, 2.05) is 6.92 Å². The van der Waals surface area contributed by atoms with Gasteiger partial charge in [0, 0.05) is 19.6 Å². The number of urea groups is 1. The van der Waals surface area contributed by atoms with Crippen LogP contribution in [0.2, 0.25) is 0 Å². The number of carbonyl (C=O) groups is 2. The highest BCUT2D eigenvalue weighted by atomic mass is 16.3. The Kier molecular flexibility index (Phi) is 3.78. The van der Waals surface area contributed by atoms with E-state index in [4.69, 9.17) is 4.42 Å². The summed E-state index contributed by atoms with van der Waals surface area (Å²) in [4.78, 5) is 31.6. The van der Waals surface area contributed by atoms with Gasteiger partial charge in [-0.25, -0.2) is 9.78 Å². The van der Waals surface area contributed by atoms with Crippen molar-refractivity contribution in [3.8, 4) is 0 Å². The van der Waals surface area contributed by atoms with Crippen LogP contribution in [0.5, 0.6) is 0 Å². The SMILES string of the molecule is CCN1CCN(c2ccc(NC(=O)c3ccoc3)cn2)C1=O.